The van der Waals surface area contributed by atoms with Gasteiger partial charge in [-0.1, -0.05) is 52.0 Å². The van der Waals surface area contributed by atoms with Crippen LogP contribution >= 0.6 is 0 Å². The highest BCUT2D eigenvalue weighted by Crippen LogP contribution is 1.88. The van der Waals surface area contributed by atoms with Crippen LogP contribution in [-0.4, -0.2) is 0 Å². The molecule has 0 heterocycles. The van der Waals surface area contributed by atoms with Gasteiger partial charge in [0.05, 0.1) is 0 Å². The van der Waals surface area contributed by atoms with E-state index in [2.05, 4.69) is 6.58 Å². The second-order valence-corrected chi connectivity index (χ2v) is 1.24. The highest BCUT2D eigenvalue weighted by Gasteiger charge is 1.66. The summed E-state index contributed by atoms with van der Waals surface area (Å²) in [6.45, 7) is 15.6. The first kappa shape index (κ1) is 16.2. The zero-order valence-electron chi connectivity index (χ0n) is 8.36. The fourth-order valence-electron chi connectivity index (χ4n) is 0.118. The van der Waals surface area contributed by atoms with Gasteiger partial charge in [0.2, 0.25) is 0 Å². The van der Waals surface area contributed by atoms with Crippen LogP contribution in [0.1, 0.15) is 41.5 Å². The van der Waals surface area contributed by atoms with Gasteiger partial charge in [0.25, 0.3) is 0 Å². The summed E-state index contributed by atoms with van der Waals surface area (Å²) in [7, 11) is 0. The van der Waals surface area contributed by atoms with Crippen molar-refractivity contribution < 1.29 is 0 Å². The lowest BCUT2D eigenvalue weighted by Crippen LogP contribution is -1.57. The first-order valence-corrected chi connectivity index (χ1v) is 4.06. The molecule has 0 aromatic rings. The topological polar surface area (TPSA) is 0 Å². The van der Waals surface area contributed by atoms with E-state index >= 15 is 0 Å². The highest BCUT2D eigenvalue weighted by atomic mass is 13.7. The Morgan fingerprint density at radius 1 is 1.10 bits per heavy atom. The van der Waals surface area contributed by atoms with E-state index in [1.54, 1.807) is 0 Å². The summed E-state index contributed by atoms with van der Waals surface area (Å²) in [4.78, 5) is 0. The molecular weight excluding hydrogens is 120 g/mol. The van der Waals surface area contributed by atoms with Crippen molar-refractivity contribution in [1.82, 2.24) is 0 Å². The van der Waals surface area contributed by atoms with Crippen LogP contribution in [0.15, 0.2) is 24.3 Å². The van der Waals surface area contributed by atoms with E-state index in [0.717, 1.165) is 0 Å². The van der Waals surface area contributed by atoms with Crippen molar-refractivity contribution in [2.45, 2.75) is 41.5 Å². The van der Waals surface area contributed by atoms with Gasteiger partial charge in [-0.25, -0.2) is 0 Å². The van der Waals surface area contributed by atoms with Gasteiger partial charge in [0.1, 0.15) is 0 Å². The van der Waals surface area contributed by atoms with Crippen molar-refractivity contribution in [3.63, 3.8) is 0 Å². The summed E-state index contributed by atoms with van der Waals surface area (Å²) in [5.41, 5.74) is 1.23. The van der Waals surface area contributed by atoms with Gasteiger partial charge >= 0.3 is 0 Å². The Hall–Kier alpha value is -0.520. The minimum absolute atomic E-state index is 1.23. The van der Waals surface area contributed by atoms with Crippen LogP contribution in [0.4, 0.5) is 0 Å². The van der Waals surface area contributed by atoms with Gasteiger partial charge in [-0.05, 0) is 13.8 Å². The van der Waals surface area contributed by atoms with E-state index in [4.69, 9.17) is 0 Å². The van der Waals surface area contributed by atoms with E-state index in [9.17, 15) is 0 Å². The second kappa shape index (κ2) is 23.6. The highest BCUT2D eigenvalue weighted by molar-refractivity contribution is 5.10. The van der Waals surface area contributed by atoms with E-state index in [1.807, 2.05) is 53.7 Å². The molecule has 0 spiro atoms. The summed E-state index contributed by atoms with van der Waals surface area (Å²) >= 11 is 0. The van der Waals surface area contributed by atoms with Gasteiger partial charge in [0.15, 0.2) is 0 Å². The Morgan fingerprint density at radius 2 is 1.40 bits per heavy atom. The zero-order chi connectivity index (χ0) is 8.99. The molecule has 0 atom stereocenters. The fraction of sp³-hybridized carbons (Fsp3) is 0.600. The van der Waals surface area contributed by atoms with Gasteiger partial charge in [-0.2, -0.15) is 0 Å². The predicted molar refractivity (Wildman–Crippen MR) is 52.3 cm³/mol. The van der Waals surface area contributed by atoms with Gasteiger partial charge in [0, 0.05) is 0 Å². The van der Waals surface area contributed by atoms with Gasteiger partial charge in [-0.3, -0.25) is 0 Å². The summed E-state index contributed by atoms with van der Waals surface area (Å²) in [5.74, 6) is 0. The quantitative estimate of drug-likeness (QED) is 0.481. The fourth-order valence-corrected chi connectivity index (χ4v) is 0.118. The molecule has 0 heteroatoms. The third-order valence-corrected chi connectivity index (χ3v) is 0.777. The average Bonchev–Trinajstić information content (AvgIpc) is 2.10. The van der Waals surface area contributed by atoms with Crippen molar-refractivity contribution in [2.24, 2.45) is 0 Å². The second-order valence-electron chi connectivity index (χ2n) is 1.24. The molecule has 10 heavy (non-hydrogen) atoms. The average molecular weight is 142 g/mol. The molecule has 0 aliphatic heterocycles. The molecule has 0 unspecified atom stereocenters. The molecule has 0 nitrogen and oxygen atoms in total. The molecule has 0 saturated heterocycles. The molecule has 0 aromatic heterocycles. The molecule has 0 aromatic carbocycles. The number of rotatable bonds is 1. The summed E-state index contributed by atoms with van der Waals surface area (Å²) in [6.07, 6.45) is 3.85. The van der Waals surface area contributed by atoms with Crippen LogP contribution in [0.2, 0.25) is 0 Å². The van der Waals surface area contributed by atoms with E-state index in [0.29, 0.717) is 0 Å². The van der Waals surface area contributed by atoms with Crippen molar-refractivity contribution >= 4 is 0 Å². The Kier molecular flexibility index (Phi) is 38.4. The Bertz CT molecular complexity index is 68.1. The van der Waals surface area contributed by atoms with E-state index < -0.39 is 0 Å². The maximum atomic E-state index is 3.56. The van der Waals surface area contributed by atoms with Crippen molar-refractivity contribution in [3.05, 3.63) is 24.3 Å². The standard InChI is InChI=1S/C6H10.2C2H6/c1-4-6(3)5-2;2*1-2/h4-5H,1H2,2-3H3;2*1-2H3/b6-5-;;. The van der Waals surface area contributed by atoms with Gasteiger partial charge < -0.3 is 0 Å². The molecule has 0 fully saturated rings. The normalized spacial score (nSPS) is 8.00. The van der Waals surface area contributed by atoms with Gasteiger partial charge in [-0.15, -0.1) is 0 Å². The molecule has 0 aliphatic rings. The smallest absolute Gasteiger partial charge is 0.0401 e. The Morgan fingerprint density at radius 3 is 1.40 bits per heavy atom. The number of hydrogen-bond acceptors (Lipinski definition) is 0. The molecule has 62 valence electrons. The van der Waals surface area contributed by atoms with Crippen LogP contribution in [0.25, 0.3) is 0 Å². The molecule has 0 amide bonds. The summed E-state index contributed by atoms with van der Waals surface area (Å²) in [6, 6.07) is 0. The number of allylic oxidation sites excluding steroid dienone is 3. The van der Waals surface area contributed by atoms with E-state index in [-0.39, 0.29) is 0 Å². The lowest BCUT2D eigenvalue weighted by molar-refractivity contribution is 1.49. The summed E-state index contributed by atoms with van der Waals surface area (Å²) in [5, 5.41) is 0. The molecule has 0 bridgehead atoms. The first-order chi connectivity index (χ1) is 4.81. The molecule has 0 radical (unpaired) electrons. The van der Waals surface area contributed by atoms with E-state index in [1.165, 1.54) is 5.57 Å². The lowest BCUT2D eigenvalue weighted by Gasteiger charge is -1.78. The third kappa shape index (κ3) is 25.9. The molecular formula is C10H22. The SMILES string of the molecule is C=C/C(C)=C\C.CC.CC. The monoisotopic (exact) mass is 142 g/mol. The minimum atomic E-state index is 1.23. The number of hydrogen-bond donors (Lipinski definition) is 0. The van der Waals surface area contributed by atoms with Crippen LogP contribution in [-0.2, 0) is 0 Å². The predicted octanol–water partition coefficient (Wildman–Crippen LogP) is 4.19. The third-order valence-electron chi connectivity index (χ3n) is 0.777. The largest absolute Gasteiger partial charge is 0.0988 e. The Labute approximate surface area is 66.7 Å². The van der Waals surface area contributed by atoms with Crippen LogP contribution < -0.4 is 0 Å². The van der Waals surface area contributed by atoms with Crippen molar-refractivity contribution in [2.75, 3.05) is 0 Å². The molecule has 0 N–H and O–H groups in total. The lowest BCUT2D eigenvalue weighted by atomic mass is 10.3. The zero-order valence-corrected chi connectivity index (χ0v) is 8.36. The first-order valence-electron chi connectivity index (χ1n) is 4.06. The molecule has 0 rings (SSSR count). The van der Waals surface area contributed by atoms with Crippen LogP contribution in [0, 0.1) is 0 Å². The van der Waals surface area contributed by atoms with Crippen molar-refractivity contribution in [3.8, 4) is 0 Å². The maximum absolute atomic E-state index is 3.56. The molecule has 0 aliphatic carbocycles. The maximum Gasteiger partial charge on any atom is -0.0401 e. The van der Waals surface area contributed by atoms with Crippen molar-refractivity contribution in [1.29, 1.82) is 0 Å². The molecule has 0 saturated carbocycles. The van der Waals surface area contributed by atoms with Crippen LogP contribution in [0.3, 0.4) is 0 Å². The summed E-state index contributed by atoms with van der Waals surface area (Å²) < 4.78 is 0. The van der Waals surface area contributed by atoms with Crippen LogP contribution in [0.5, 0.6) is 0 Å². The minimum Gasteiger partial charge on any atom is -0.0988 e. The Balaban J connectivity index is -0.000000105.